The summed E-state index contributed by atoms with van der Waals surface area (Å²) in [5.41, 5.74) is 0.531. The largest absolute Gasteiger partial charge is 0.352 e. The molecule has 6 nitrogen and oxygen atoms in total. The fraction of sp³-hybridized carbons (Fsp3) is 0.353. The van der Waals surface area contributed by atoms with Crippen LogP contribution in [0, 0.1) is 5.82 Å². The number of hydrogen-bond acceptors (Lipinski definition) is 3. The Morgan fingerprint density at radius 2 is 2.00 bits per heavy atom. The lowest BCUT2D eigenvalue weighted by Crippen LogP contribution is -2.38. The van der Waals surface area contributed by atoms with Gasteiger partial charge in [-0.25, -0.2) is 4.39 Å². The first-order chi connectivity index (χ1) is 11.5. The highest BCUT2D eigenvalue weighted by Gasteiger charge is 2.23. The average molecular weight is 331 g/mol. The summed E-state index contributed by atoms with van der Waals surface area (Å²) >= 11 is 0. The quantitative estimate of drug-likeness (QED) is 0.737. The van der Waals surface area contributed by atoms with E-state index in [9.17, 15) is 18.8 Å². The molecule has 3 N–H and O–H groups in total. The number of carbonyl (C=O) groups excluding carboxylic acids is 2. The second-order valence-electron chi connectivity index (χ2n) is 5.97. The van der Waals surface area contributed by atoms with Gasteiger partial charge in [0.1, 0.15) is 5.82 Å². The minimum atomic E-state index is -0.422. The van der Waals surface area contributed by atoms with Crippen molar-refractivity contribution >= 4 is 22.7 Å². The fourth-order valence-electron chi connectivity index (χ4n) is 2.43. The fourth-order valence-corrected chi connectivity index (χ4v) is 2.43. The van der Waals surface area contributed by atoms with Gasteiger partial charge in [-0.1, -0.05) is 0 Å². The molecule has 1 fully saturated rings. The second kappa shape index (κ2) is 6.82. The third-order valence-corrected chi connectivity index (χ3v) is 3.89. The smallest absolute Gasteiger partial charge is 0.251 e. The number of carbonyl (C=O) groups is 2. The van der Waals surface area contributed by atoms with Crippen molar-refractivity contribution < 1.29 is 14.0 Å². The maximum Gasteiger partial charge on any atom is 0.251 e. The number of amides is 2. The molecule has 3 rings (SSSR count). The van der Waals surface area contributed by atoms with Gasteiger partial charge in [0.15, 0.2) is 0 Å². The molecule has 7 heteroatoms. The minimum Gasteiger partial charge on any atom is -0.352 e. The molecule has 2 amide bonds. The predicted molar refractivity (Wildman–Crippen MR) is 87.0 cm³/mol. The highest BCUT2D eigenvalue weighted by molar-refractivity contribution is 5.85. The number of rotatable bonds is 6. The van der Waals surface area contributed by atoms with Crippen molar-refractivity contribution in [1.82, 2.24) is 15.6 Å². The number of aryl methyl sites for hydroxylation is 1. The molecule has 0 spiro atoms. The summed E-state index contributed by atoms with van der Waals surface area (Å²) in [6, 6.07) is 6.06. The second-order valence-corrected chi connectivity index (χ2v) is 5.97. The number of halogens is 1. The Morgan fingerprint density at radius 3 is 2.75 bits per heavy atom. The Bertz CT molecular complexity index is 843. The molecule has 0 aliphatic heterocycles. The maximum atomic E-state index is 13.1. The summed E-state index contributed by atoms with van der Waals surface area (Å²) in [6.07, 6.45) is 2.34. The Hall–Kier alpha value is -2.70. The maximum absolute atomic E-state index is 13.1. The molecule has 0 atom stereocenters. The number of pyridine rings is 1. The van der Waals surface area contributed by atoms with E-state index in [1.807, 2.05) is 0 Å². The Morgan fingerprint density at radius 1 is 1.21 bits per heavy atom. The van der Waals surface area contributed by atoms with Crippen LogP contribution < -0.4 is 16.2 Å². The van der Waals surface area contributed by atoms with Crippen molar-refractivity contribution in [3.63, 3.8) is 0 Å². The van der Waals surface area contributed by atoms with Crippen molar-refractivity contribution in [3.05, 3.63) is 46.0 Å². The number of H-pyrrole nitrogens is 1. The highest BCUT2D eigenvalue weighted by Crippen LogP contribution is 2.18. The molecular weight excluding hydrogens is 313 g/mol. The van der Waals surface area contributed by atoms with E-state index in [0.717, 1.165) is 12.8 Å². The minimum absolute atomic E-state index is 0.0529. The van der Waals surface area contributed by atoms with Gasteiger partial charge in [0.25, 0.3) is 5.56 Å². The summed E-state index contributed by atoms with van der Waals surface area (Å²) in [5.74, 6) is -0.911. The van der Waals surface area contributed by atoms with Crippen LogP contribution in [-0.2, 0) is 16.0 Å². The molecule has 1 aliphatic carbocycles. The Kier molecular flexibility index (Phi) is 4.59. The number of hydrogen-bond donors (Lipinski definition) is 3. The van der Waals surface area contributed by atoms with Gasteiger partial charge in [-0.3, -0.25) is 14.4 Å². The lowest BCUT2D eigenvalue weighted by atomic mass is 10.1. The van der Waals surface area contributed by atoms with Crippen LogP contribution in [0.5, 0.6) is 0 Å². The molecule has 2 aromatic rings. The first-order valence-electron chi connectivity index (χ1n) is 7.89. The molecule has 1 aromatic heterocycles. The van der Waals surface area contributed by atoms with E-state index in [0.29, 0.717) is 16.5 Å². The summed E-state index contributed by atoms with van der Waals surface area (Å²) in [6.45, 7) is -0.0529. The molecule has 126 valence electrons. The summed E-state index contributed by atoms with van der Waals surface area (Å²) in [7, 11) is 0. The van der Waals surface area contributed by atoms with Gasteiger partial charge < -0.3 is 15.6 Å². The van der Waals surface area contributed by atoms with Crippen LogP contribution in [0.3, 0.4) is 0 Å². The molecule has 0 unspecified atom stereocenters. The van der Waals surface area contributed by atoms with Crippen LogP contribution in [0.4, 0.5) is 4.39 Å². The summed E-state index contributed by atoms with van der Waals surface area (Å²) in [4.78, 5) is 37.9. The number of benzene rings is 1. The zero-order valence-corrected chi connectivity index (χ0v) is 13.0. The third-order valence-electron chi connectivity index (χ3n) is 3.89. The highest BCUT2D eigenvalue weighted by atomic mass is 19.1. The molecule has 1 saturated carbocycles. The number of fused-ring (bicyclic) bond motifs is 1. The topological polar surface area (TPSA) is 91.1 Å². The average Bonchev–Trinajstić information content (AvgIpc) is 3.35. The van der Waals surface area contributed by atoms with Crippen LogP contribution in [0.2, 0.25) is 0 Å². The zero-order chi connectivity index (χ0) is 17.1. The SMILES string of the molecule is O=C(CCc1cc2ccc(F)cc2[nH]c1=O)NCC(=O)NC1CC1. The molecule has 0 saturated heterocycles. The first-order valence-corrected chi connectivity index (χ1v) is 7.89. The Labute approximate surface area is 137 Å². The van der Waals surface area contributed by atoms with Crippen LogP contribution in [0.25, 0.3) is 10.9 Å². The van der Waals surface area contributed by atoms with E-state index in [1.165, 1.54) is 12.1 Å². The van der Waals surface area contributed by atoms with Crippen molar-refractivity contribution in [1.29, 1.82) is 0 Å². The van der Waals surface area contributed by atoms with Gasteiger partial charge in [0, 0.05) is 18.0 Å². The summed E-state index contributed by atoms with van der Waals surface area (Å²) in [5, 5.41) is 6.02. The summed E-state index contributed by atoms with van der Waals surface area (Å²) < 4.78 is 13.1. The lowest BCUT2D eigenvalue weighted by Gasteiger charge is -2.06. The standard InChI is InChI=1S/C17H18FN3O3/c18-12-3-1-10-7-11(17(24)21-14(10)8-12)2-6-15(22)19-9-16(23)20-13-4-5-13/h1,3,7-8,13H,2,4-6,9H2,(H,19,22)(H,20,23)(H,21,24). The molecule has 1 heterocycles. The van der Waals surface area contributed by atoms with Crippen molar-refractivity contribution in [2.75, 3.05) is 6.54 Å². The van der Waals surface area contributed by atoms with Gasteiger partial charge >= 0.3 is 0 Å². The monoisotopic (exact) mass is 331 g/mol. The van der Waals surface area contributed by atoms with E-state index >= 15 is 0 Å². The lowest BCUT2D eigenvalue weighted by molar-refractivity contribution is -0.126. The normalized spacial score (nSPS) is 13.7. The predicted octanol–water partition coefficient (Wildman–Crippen LogP) is 0.995. The molecule has 24 heavy (non-hydrogen) atoms. The molecule has 1 aliphatic rings. The van der Waals surface area contributed by atoms with Crippen LogP contribution in [0.15, 0.2) is 29.1 Å². The van der Waals surface area contributed by atoms with Crippen molar-refractivity contribution in [2.45, 2.75) is 31.7 Å². The van der Waals surface area contributed by atoms with E-state index in [4.69, 9.17) is 0 Å². The van der Waals surface area contributed by atoms with Crippen molar-refractivity contribution in [3.8, 4) is 0 Å². The number of aromatic nitrogens is 1. The molecule has 0 radical (unpaired) electrons. The molecule has 0 bridgehead atoms. The van der Waals surface area contributed by atoms with E-state index < -0.39 is 5.82 Å². The van der Waals surface area contributed by atoms with Gasteiger partial charge in [0.2, 0.25) is 11.8 Å². The molecular formula is C17H18FN3O3. The van der Waals surface area contributed by atoms with Gasteiger partial charge in [0.05, 0.1) is 12.1 Å². The van der Waals surface area contributed by atoms with E-state index in [2.05, 4.69) is 15.6 Å². The number of aromatic amines is 1. The third kappa shape index (κ3) is 4.18. The van der Waals surface area contributed by atoms with Gasteiger partial charge in [-0.2, -0.15) is 0 Å². The van der Waals surface area contributed by atoms with Gasteiger partial charge in [-0.05, 0) is 48.9 Å². The van der Waals surface area contributed by atoms with Crippen LogP contribution in [-0.4, -0.2) is 29.4 Å². The van der Waals surface area contributed by atoms with Gasteiger partial charge in [-0.15, -0.1) is 0 Å². The number of nitrogens with one attached hydrogen (secondary N) is 3. The first kappa shape index (κ1) is 16.2. The van der Waals surface area contributed by atoms with Crippen LogP contribution in [0.1, 0.15) is 24.8 Å². The van der Waals surface area contributed by atoms with Crippen LogP contribution >= 0.6 is 0 Å². The van der Waals surface area contributed by atoms with Crippen molar-refractivity contribution in [2.24, 2.45) is 0 Å². The van der Waals surface area contributed by atoms with E-state index in [-0.39, 0.29) is 42.8 Å². The zero-order valence-electron chi connectivity index (χ0n) is 13.0. The molecule has 1 aromatic carbocycles. The Balaban J connectivity index is 1.55. The van der Waals surface area contributed by atoms with E-state index in [1.54, 1.807) is 12.1 Å².